The van der Waals surface area contributed by atoms with Crippen LogP contribution in [0.25, 0.3) is 11.1 Å². The Bertz CT molecular complexity index is 716. The van der Waals surface area contributed by atoms with Crippen LogP contribution < -0.4 is 4.74 Å². The summed E-state index contributed by atoms with van der Waals surface area (Å²) in [5.74, 6) is -0.815. The third kappa shape index (κ3) is 2.40. The first kappa shape index (κ1) is 13.4. The lowest BCUT2D eigenvalue weighted by molar-refractivity contribution is 0.0696. The second-order valence-electron chi connectivity index (χ2n) is 4.06. The van der Waals surface area contributed by atoms with E-state index in [1.165, 1.54) is 19.2 Å². The Hall–Kier alpha value is -3.00. The van der Waals surface area contributed by atoms with E-state index in [1.54, 1.807) is 18.2 Å². The Kier molecular flexibility index (Phi) is 3.58. The van der Waals surface area contributed by atoms with E-state index in [-0.39, 0.29) is 11.3 Å². The molecular weight excluding hydrogens is 258 g/mol. The number of carbonyl (C=O) groups is 1. The normalized spacial score (nSPS) is 9.80. The Morgan fingerprint density at radius 1 is 1.20 bits per heavy atom. The Morgan fingerprint density at radius 2 is 1.95 bits per heavy atom. The van der Waals surface area contributed by atoms with Crippen LogP contribution in [0.3, 0.4) is 0 Å². The van der Waals surface area contributed by atoms with E-state index in [4.69, 9.17) is 15.1 Å². The minimum atomic E-state index is -1.12. The van der Waals surface area contributed by atoms with Gasteiger partial charge in [-0.2, -0.15) is 5.26 Å². The van der Waals surface area contributed by atoms with Crippen molar-refractivity contribution in [1.82, 2.24) is 0 Å². The molecule has 0 saturated carbocycles. The smallest absolute Gasteiger partial charge is 0.335 e. The molecule has 0 aliphatic carbocycles. The van der Waals surface area contributed by atoms with Gasteiger partial charge in [0.25, 0.3) is 0 Å². The van der Waals surface area contributed by atoms with Gasteiger partial charge in [-0.15, -0.1) is 0 Å². The number of rotatable bonds is 3. The molecule has 0 amide bonds. The first-order valence-electron chi connectivity index (χ1n) is 5.71. The zero-order valence-electron chi connectivity index (χ0n) is 10.6. The van der Waals surface area contributed by atoms with Crippen molar-refractivity contribution in [2.75, 3.05) is 7.11 Å². The molecule has 0 bridgehead atoms. The number of methoxy groups -OCH3 is 1. The van der Waals surface area contributed by atoms with Crippen molar-refractivity contribution in [3.8, 4) is 28.7 Å². The molecule has 2 rings (SSSR count). The van der Waals surface area contributed by atoms with Crippen LogP contribution in [0.2, 0.25) is 0 Å². The molecule has 5 nitrogen and oxygen atoms in total. The number of nitriles is 1. The second-order valence-corrected chi connectivity index (χ2v) is 4.06. The molecular formula is C15H11NO4. The molecule has 0 unspecified atom stereocenters. The molecule has 0 spiro atoms. The monoisotopic (exact) mass is 269 g/mol. The van der Waals surface area contributed by atoms with Gasteiger partial charge in [-0.3, -0.25) is 0 Å². The van der Waals surface area contributed by atoms with Crippen molar-refractivity contribution >= 4 is 5.97 Å². The fourth-order valence-electron chi connectivity index (χ4n) is 1.88. The zero-order chi connectivity index (χ0) is 14.7. The predicted octanol–water partition coefficient (Wildman–Crippen LogP) is 2.64. The second kappa shape index (κ2) is 5.33. The number of hydrogen-bond donors (Lipinski definition) is 2. The van der Waals surface area contributed by atoms with Crippen molar-refractivity contribution in [2.45, 2.75) is 0 Å². The summed E-state index contributed by atoms with van der Waals surface area (Å²) in [7, 11) is 1.48. The Labute approximate surface area is 115 Å². The number of carboxylic acids is 1. The van der Waals surface area contributed by atoms with Crippen LogP contribution in [0.5, 0.6) is 11.5 Å². The molecule has 0 aliphatic heterocycles. The maximum atomic E-state index is 10.8. The number of aromatic hydroxyl groups is 1. The van der Waals surface area contributed by atoms with E-state index >= 15 is 0 Å². The molecule has 0 atom stereocenters. The number of nitrogens with zero attached hydrogens (tertiary/aromatic N) is 1. The van der Waals surface area contributed by atoms with Crippen molar-refractivity contribution in [3.63, 3.8) is 0 Å². The standard InChI is InChI=1S/C15H11NO4/c1-20-14-5-2-9(8-16)6-12(14)11-4-3-10(15(18)19)7-13(11)17/h2-7,17H,1H3,(H,18,19). The minimum absolute atomic E-state index is 0.0124. The van der Waals surface area contributed by atoms with Crippen molar-refractivity contribution < 1.29 is 19.7 Å². The van der Waals surface area contributed by atoms with E-state index in [2.05, 4.69) is 0 Å². The average molecular weight is 269 g/mol. The number of aromatic carboxylic acids is 1. The summed E-state index contributed by atoms with van der Waals surface area (Å²) in [4.78, 5) is 10.8. The maximum absolute atomic E-state index is 10.8. The van der Waals surface area contributed by atoms with Crippen LogP contribution in [-0.2, 0) is 0 Å². The van der Waals surface area contributed by atoms with Gasteiger partial charge in [-0.25, -0.2) is 4.79 Å². The number of hydrogen-bond acceptors (Lipinski definition) is 4. The van der Waals surface area contributed by atoms with Gasteiger partial charge in [-0.05, 0) is 36.4 Å². The molecule has 0 fully saturated rings. The number of phenolic OH excluding ortho intramolecular Hbond substituents is 1. The summed E-state index contributed by atoms with van der Waals surface area (Å²) < 4.78 is 5.20. The SMILES string of the molecule is COc1ccc(C#N)cc1-c1ccc(C(=O)O)cc1O. The van der Waals surface area contributed by atoms with Gasteiger partial charge in [0.15, 0.2) is 0 Å². The van der Waals surface area contributed by atoms with Gasteiger partial charge in [-0.1, -0.05) is 0 Å². The molecule has 0 aliphatic rings. The largest absolute Gasteiger partial charge is 0.507 e. The van der Waals surface area contributed by atoms with Crippen molar-refractivity contribution in [2.24, 2.45) is 0 Å². The summed E-state index contributed by atoms with van der Waals surface area (Å²) in [6.45, 7) is 0. The van der Waals surface area contributed by atoms with Crippen LogP contribution >= 0.6 is 0 Å². The van der Waals surface area contributed by atoms with Crippen LogP contribution in [0.15, 0.2) is 36.4 Å². The molecule has 5 heteroatoms. The van der Waals surface area contributed by atoms with E-state index in [1.807, 2.05) is 6.07 Å². The maximum Gasteiger partial charge on any atom is 0.335 e. The lowest BCUT2D eigenvalue weighted by atomic mass is 9.99. The van der Waals surface area contributed by atoms with E-state index in [0.29, 0.717) is 22.4 Å². The number of ether oxygens (including phenoxy) is 1. The highest BCUT2D eigenvalue weighted by Gasteiger charge is 2.13. The molecule has 0 saturated heterocycles. The van der Waals surface area contributed by atoms with Gasteiger partial charge in [0, 0.05) is 11.1 Å². The first-order chi connectivity index (χ1) is 9.56. The topological polar surface area (TPSA) is 90.5 Å². The lowest BCUT2D eigenvalue weighted by Crippen LogP contribution is -1.96. The van der Waals surface area contributed by atoms with Crippen LogP contribution in [0, 0.1) is 11.3 Å². The molecule has 0 radical (unpaired) electrons. The van der Waals surface area contributed by atoms with E-state index in [9.17, 15) is 9.90 Å². The number of phenols is 1. The molecule has 0 heterocycles. The highest BCUT2D eigenvalue weighted by Crippen LogP contribution is 2.36. The molecule has 20 heavy (non-hydrogen) atoms. The number of carboxylic acid groups (broad SMARTS) is 1. The van der Waals surface area contributed by atoms with Gasteiger partial charge in [0.05, 0.1) is 24.3 Å². The quantitative estimate of drug-likeness (QED) is 0.893. The van der Waals surface area contributed by atoms with Crippen molar-refractivity contribution in [3.05, 3.63) is 47.5 Å². The minimum Gasteiger partial charge on any atom is -0.507 e. The summed E-state index contributed by atoms with van der Waals surface area (Å²) in [6, 6.07) is 10.8. The molecule has 100 valence electrons. The number of benzene rings is 2. The van der Waals surface area contributed by atoms with E-state index < -0.39 is 5.97 Å². The summed E-state index contributed by atoms with van der Waals surface area (Å²) in [6.07, 6.45) is 0. The molecule has 2 N–H and O–H groups in total. The Balaban J connectivity index is 2.62. The molecule has 2 aromatic rings. The van der Waals surface area contributed by atoms with Gasteiger partial charge in [0.1, 0.15) is 11.5 Å². The average Bonchev–Trinajstić information content (AvgIpc) is 2.46. The predicted molar refractivity (Wildman–Crippen MR) is 71.8 cm³/mol. The third-order valence-electron chi connectivity index (χ3n) is 2.86. The van der Waals surface area contributed by atoms with Crippen LogP contribution in [0.4, 0.5) is 0 Å². The highest BCUT2D eigenvalue weighted by atomic mass is 16.5. The summed E-state index contributed by atoms with van der Waals surface area (Å²) >= 11 is 0. The summed E-state index contributed by atoms with van der Waals surface area (Å²) in [5, 5.41) is 27.8. The molecule has 2 aromatic carbocycles. The Morgan fingerprint density at radius 3 is 2.50 bits per heavy atom. The zero-order valence-corrected chi connectivity index (χ0v) is 10.6. The third-order valence-corrected chi connectivity index (χ3v) is 2.86. The fraction of sp³-hybridized carbons (Fsp3) is 0.0667. The van der Waals surface area contributed by atoms with Gasteiger partial charge in [0.2, 0.25) is 0 Å². The highest BCUT2D eigenvalue weighted by molar-refractivity contribution is 5.90. The summed E-state index contributed by atoms with van der Waals surface area (Å²) in [5.41, 5.74) is 1.34. The first-order valence-corrected chi connectivity index (χ1v) is 5.71. The lowest BCUT2D eigenvalue weighted by Gasteiger charge is -2.11. The van der Waals surface area contributed by atoms with Crippen LogP contribution in [0.1, 0.15) is 15.9 Å². The van der Waals surface area contributed by atoms with Crippen molar-refractivity contribution in [1.29, 1.82) is 5.26 Å². The van der Waals surface area contributed by atoms with Gasteiger partial charge < -0.3 is 14.9 Å². The van der Waals surface area contributed by atoms with E-state index in [0.717, 1.165) is 6.07 Å². The molecule has 0 aromatic heterocycles. The fourth-order valence-corrected chi connectivity index (χ4v) is 1.88. The van der Waals surface area contributed by atoms with Crippen LogP contribution in [-0.4, -0.2) is 23.3 Å². The van der Waals surface area contributed by atoms with Gasteiger partial charge >= 0.3 is 5.97 Å².